The van der Waals surface area contributed by atoms with E-state index in [4.69, 9.17) is 21.7 Å². The predicted molar refractivity (Wildman–Crippen MR) is 73.1 cm³/mol. The average Bonchev–Trinajstić information content (AvgIpc) is 2.36. The second-order valence-corrected chi connectivity index (χ2v) is 3.96. The van der Waals surface area contributed by atoms with Crippen LogP contribution in [0.25, 0.3) is 0 Å². The molecule has 0 spiro atoms. The Bertz CT molecular complexity index is 342. The summed E-state index contributed by atoms with van der Waals surface area (Å²) < 4.78 is 10.2. The topological polar surface area (TPSA) is 33.7 Å². The number of nitrogens with one attached hydrogen (secondary N) is 1. The number of likely N-dealkylation sites (N-methyl/N-ethyl adjacent to an activating group) is 1. The van der Waals surface area contributed by atoms with Gasteiger partial charge in [0.2, 0.25) is 0 Å². The minimum atomic E-state index is -0.282. The summed E-state index contributed by atoms with van der Waals surface area (Å²) in [6.07, 6.45) is -0.282. The third-order valence-electron chi connectivity index (χ3n) is 2.32. The van der Waals surface area contributed by atoms with Crippen LogP contribution < -0.4 is 5.32 Å². The SMILES string of the molecule is COC(CN(C)C(=S)Nc1ccccc1)OC. The maximum Gasteiger partial charge on any atom is 0.174 e. The van der Waals surface area contributed by atoms with Gasteiger partial charge < -0.3 is 19.7 Å². The average molecular weight is 254 g/mol. The zero-order valence-corrected chi connectivity index (χ0v) is 11.2. The molecule has 0 bridgehead atoms. The molecule has 0 aliphatic rings. The summed E-state index contributed by atoms with van der Waals surface area (Å²) in [6.45, 7) is 0.575. The monoisotopic (exact) mass is 254 g/mol. The van der Waals surface area contributed by atoms with Gasteiger partial charge >= 0.3 is 0 Å². The van der Waals surface area contributed by atoms with Crippen LogP contribution in [0.4, 0.5) is 5.69 Å². The maximum atomic E-state index is 5.28. The second-order valence-electron chi connectivity index (χ2n) is 3.58. The van der Waals surface area contributed by atoms with Crippen molar-refractivity contribution in [3.63, 3.8) is 0 Å². The number of benzene rings is 1. The van der Waals surface area contributed by atoms with E-state index >= 15 is 0 Å². The lowest BCUT2D eigenvalue weighted by molar-refractivity contribution is -0.107. The van der Waals surface area contributed by atoms with Gasteiger partial charge in [0.15, 0.2) is 11.4 Å². The van der Waals surface area contributed by atoms with E-state index in [9.17, 15) is 0 Å². The summed E-state index contributed by atoms with van der Waals surface area (Å²) in [5, 5.41) is 3.78. The molecule has 0 saturated heterocycles. The lowest BCUT2D eigenvalue weighted by atomic mass is 10.3. The maximum absolute atomic E-state index is 5.28. The van der Waals surface area contributed by atoms with Gasteiger partial charge in [0, 0.05) is 27.0 Å². The van der Waals surface area contributed by atoms with Crippen molar-refractivity contribution in [2.24, 2.45) is 0 Å². The Morgan fingerprint density at radius 2 is 1.88 bits per heavy atom. The van der Waals surface area contributed by atoms with Crippen LogP contribution in [0.3, 0.4) is 0 Å². The fourth-order valence-corrected chi connectivity index (χ4v) is 1.48. The van der Waals surface area contributed by atoms with Gasteiger partial charge in [-0.1, -0.05) is 18.2 Å². The summed E-state index contributed by atoms with van der Waals surface area (Å²) in [5.41, 5.74) is 0.968. The van der Waals surface area contributed by atoms with Crippen molar-refractivity contribution < 1.29 is 9.47 Å². The van der Waals surface area contributed by atoms with Gasteiger partial charge in [-0.15, -0.1) is 0 Å². The van der Waals surface area contributed by atoms with Gasteiger partial charge in [0.1, 0.15) is 0 Å². The summed E-state index contributed by atoms with van der Waals surface area (Å²) >= 11 is 5.28. The molecular weight excluding hydrogens is 236 g/mol. The highest BCUT2D eigenvalue weighted by Gasteiger charge is 2.11. The molecule has 17 heavy (non-hydrogen) atoms. The molecule has 94 valence electrons. The number of thiocarbonyl (C=S) groups is 1. The fourth-order valence-electron chi connectivity index (χ4n) is 1.29. The zero-order valence-electron chi connectivity index (χ0n) is 10.3. The number of hydrogen-bond acceptors (Lipinski definition) is 3. The molecule has 0 amide bonds. The number of para-hydroxylation sites is 1. The Balaban J connectivity index is 2.47. The standard InChI is InChI=1S/C12H18N2O2S/c1-14(9-11(15-2)16-3)12(17)13-10-7-5-4-6-8-10/h4-8,11H,9H2,1-3H3,(H,13,17). The van der Waals surface area contributed by atoms with E-state index in [0.29, 0.717) is 11.7 Å². The third-order valence-corrected chi connectivity index (χ3v) is 2.73. The highest BCUT2D eigenvalue weighted by Crippen LogP contribution is 2.06. The summed E-state index contributed by atoms with van der Waals surface area (Å²) in [5.74, 6) is 0. The lowest BCUT2D eigenvalue weighted by Gasteiger charge is -2.24. The van der Waals surface area contributed by atoms with Gasteiger partial charge in [-0.05, 0) is 24.4 Å². The summed E-state index contributed by atoms with van der Waals surface area (Å²) in [6, 6.07) is 9.80. The molecule has 0 atom stereocenters. The van der Waals surface area contributed by atoms with Crippen LogP contribution in [-0.2, 0) is 9.47 Å². The minimum absolute atomic E-state index is 0.282. The molecule has 1 N–H and O–H groups in total. The first-order chi connectivity index (χ1) is 8.17. The summed E-state index contributed by atoms with van der Waals surface area (Å²) in [7, 11) is 5.11. The van der Waals surface area contributed by atoms with Gasteiger partial charge in [0.05, 0.1) is 6.54 Å². The zero-order chi connectivity index (χ0) is 12.7. The molecule has 4 nitrogen and oxygen atoms in total. The normalized spacial score (nSPS) is 10.4. The number of ether oxygens (including phenoxy) is 2. The molecule has 0 aliphatic heterocycles. The van der Waals surface area contributed by atoms with E-state index < -0.39 is 0 Å². The van der Waals surface area contributed by atoms with Gasteiger partial charge in [0.25, 0.3) is 0 Å². The van der Waals surface area contributed by atoms with Crippen molar-refractivity contribution in [1.82, 2.24) is 4.90 Å². The van der Waals surface area contributed by atoms with Crippen molar-refractivity contribution in [3.8, 4) is 0 Å². The first kappa shape index (κ1) is 13.9. The molecular formula is C12H18N2O2S. The molecule has 0 aliphatic carbocycles. The Morgan fingerprint density at radius 3 is 2.41 bits per heavy atom. The second kappa shape index (κ2) is 7.21. The van der Waals surface area contributed by atoms with Crippen LogP contribution in [-0.4, -0.2) is 44.1 Å². The number of methoxy groups -OCH3 is 2. The number of anilines is 1. The van der Waals surface area contributed by atoms with Crippen molar-refractivity contribution in [3.05, 3.63) is 30.3 Å². The van der Waals surface area contributed by atoms with Crippen molar-refractivity contribution >= 4 is 23.0 Å². The highest BCUT2D eigenvalue weighted by molar-refractivity contribution is 7.80. The largest absolute Gasteiger partial charge is 0.354 e. The van der Waals surface area contributed by atoms with Crippen LogP contribution >= 0.6 is 12.2 Å². The predicted octanol–water partition coefficient (Wildman–Crippen LogP) is 1.93. The molecule has 0 aromatic heterocycles. The smallest absolute Gasteiger partial charge is 0.174 e. The lowest BCUT2D eigenvalue weighted by Crippen LogP contribution is -2.38. The Morgan fingerprint density at radius 1 is 1.29 bits per heavy atom. The van der Waals surface area contributed by atoms with Gasteiger partial charge in [-0.25, -0.2) is 0 Å². The molecule has 1 rings (SSSR count). The van der Waals surface area contributed by atoms with Crippen LogP contribution in [0.2, 0.25) is 0 Å². The molecule has 0 radical (unpaired) electrons. The minimum Gasteiger partial charge on any atom is -0.354 e. The fraction of sp³-hybridized carbons (Fsp3) is 0.417. The van der Waals surface area contributed by atoms with Crippen molar-refractivity contribution in [1.29, 1.82) is 0 Å². The molecule has 1 aromatic rings. The van der Waals surface area contributed by atoms with Gasteiger partial charge in [-0.3, -0.25) is 0 Å². The number of hydrogen-bond donors (Lipinski definition) is 1. The van der Waals surface area contributed by atoms with Crippen LogP contribution in [0.5, 0.6) is 0 Å². The van der Waals surface area contributed by atoms with E-state index in [2.05, 4.69) is 5.32 Å². The van der Waals surface area contributed by atoms with Gasteiger partial charge in [-0.2, -0.15) is 0 Å². The molecule has 1 aromatic carbocycles. The quantitative estimate of drug-likeness (QED) is 0.641. The van der Waals surface area contributed by atoms with E-state index in [1.54, 1.807) is 14.2 Å². The Labute approximate surface area is 108 Å². The van der Waals surface area contributed by atoms with E-state index in [1.807, 2.05) is 42.3 Å². The molecule has 0 heterocycles. The van der Waals surface area contributed by atoms with E-state index in [-0.39, 0.29) is 6.29 Å². The van der Waals surface area contributed by atoms with Crippen LogP contribution in [0.1, 0.15) is 0 Å². The van der Waals surface area contributed by atoms with Crippen LogP contribution in [0.15, 0.2) is 30.3 Å². The molecule has 5 heteroatoms. The van der Waals surface area contributed by atoms with Crippen molar-refractivity contribution in [2.75, 3.05) is 33.1 Å². The first-order valence-electron chi connectivity index (χ1n) is 5.30. The van der Waals surface area contributed by atoms with Crippen molar-refractivity contribution in [2.45, 2.75) is 6.29 Å². The summed E-state index contributed by atoms with van der Waals surface area (Å²) in [4.78, 5) is 1.88. The Hall–Kier alpha value is -1.17. The highest BCUT2D eigenvalue weighted by atomic mass is 32.1. The molecule has 0 fully saturated rings. The molecule has 0 saturated carbocycles. The number of nitrogens with zero attached hydrogens (tertiary/aromatic N) is 1. The number of rotatable bonds is 5. The van der Waals surface area contributed by atoms with E-state index in [1.165, 1.54) is 0 Å². The first-order valence-corrected chi connectivity index (χ1v) is 5.71. The van der Waals surface area contributed by atoms with Crippen LogP contribution in [0, 0.1) is 0 Å². The molecule has 0 unspecified atom stereocenters. The van der Waals surface area contributed by atoms with E-state index in [0.717, 1.165) is 5.69 Å². The third kappa shape index (κ3) is 4.68. The Kier molecular flexibility index (Phi) is 5.90.